The number of imide groups is 1. The van der Waals surface area contributed by atoms with Gasteiger partial charge in [0.2, 0.25) is 11.8 Å². The number of nitrogens with one attached hydrogen (secondary N) is 2. The lowest BCUT2D eigenvalue weighted by atomic mass is 9.93. The zero-order valence-corrected chi connectivity index (χ0v) is 25.7. The number of hydrogen-bond donors (Lipinski definition) is 2. The minimum atomic E-state index is -0.734. The summed E-state index contributed by atoms with van der Waals surface area (Å²) in [7, 11) is 0. The van der Waals surface area contributed by atoms with E-state index in [4.69, 9.17) is 4.84 Å². The van der Waals surface area contributed by atoms with Gasteiger partial charge in [-0.2, -0.15) is 5.10 Å². The molecule has 14 nitrogen and oxygen atoms in total. The quantitative estimate of drug-likeness (QED) is 0.266. The fraction of sp³-hybridized carbons (Fsp3) is 0.438. The molecule has 0 aliphatic carbocycles. The number of carbonyl (C=O) groups excluding carboxylic acids is 6. The smallest absolute Gasteiger partial charge is 0.333 e. The number of carbonyl (C=O) groups is 6. The maximum absolute atomic E-state index is 12.8. The van der Waals surface area contributed by atoms with Gasteiger partial charge in [-0.3, -0.25) is 24.2 Å². The van der Waals surface area contributed by atoms with E-state index in [2.05, 4.69) is 20.7 Å². The van der Waals surface area contributed by atoms with E-state index in [0.29, 0.717) is 56.2 Å². The number of urea groups is 1. The van der Waals surface area contributed by atoms with Crippen LogP contribution in [0.25, 0.3) is 0 Å². The summed E-state index contributed by atoms with van der Waals surface area (Å²) in [5.74, 6) is -2.17. The van der Waals surface area contributed by atoms with Crippen LogP contribution >= 0.6 is 0 Å². The van der Waals surface area contributed by atoms with Gasteiger partial charge in [0, 0.05) is 82.3 Å². The van der Waals surface area contributed by atoms with Gasteiger partial charge in [-0.15, -0.1) is 5.06 Å². The van der Waals surface area contributed by atoms with Crippen molar-refractivity contribution in [3.63, 3.8) is 0 Å². The van der Waals surface area contributed by atoms with Gasteiger partial charge in [0.25, 0.3) is 11.8 Å². The number of fused-ring (bicyclic) bond motifs is 1. The Labute approximate surface area is 266 Å². The summed E-state index contributed by atoms with van der Waals surface area (Å²) in [6.07, 6.45) is 5.38. The number of benzene rings is 1. The van der Waals surface area contributed by atoms with Crippen molar-refractivity contribution in [1.29, 1.82) is 0 Å². The highest BCUT2D eigenvalue weighted by atomic mass is 16.7. The normalized spacial score (nSPS) is 17.6. The van der Waals surface area contributed by atoms with Crippen LogP contribution in [-0.2, 0) is 41.9 Å². The first-order chi connectivity index (χ1) is 22.2. The van der Waals surface area contributed by atoms with Gasteiger partial charge >= 0.3 is 12.0 Å². The molecule has 6 amide bonds. The van der Waals surface area contributed by atoms with Crippen LogP contribution in [0.15, 0.2) is 47.8 Å². The molecule has 1 aromatic heterocycles. The van der Waals surface area contributed by atoms with Crippen LogP contribution in [0.3, 0.4) is 0 Å². The summed E-state index contributed by atoms with van der Waals surface area (Å²) in [6.45, 7) is 3.84. The molecule has 0 saturated carbocycles. The molecule has 0 unspecified atom stereocenters. The lowest BCUT2D eigenvalue weighted by molar-refractivity contribution is -0.197. The number of hydrazone groups is 1. The van der Waals surface area contributed by atoms with Crippen LogP contribution in [0.1, 0.15) is 75.0 Å². The SMILES string of the molecule is C[C@H]1CC(=O)N(CCCCNC(=O)CCCC(=O)ON2C(=O)CCC2=O)N=C1c1ccc(NC(=O)N2Cc3ccncc3C2)cc1. The molecule has 3 aliphatic rings. The molecule has 1 aromatic carbocycles. The molecule has 0 spiro atoms. The van der Waals surface area contributed by atoms with Crippen LogP contribution in [0.5, 0.6) is 0 Å². The summed E-state index contributed by atoms with van der Waals surface area (Å²) in [4.78, 5) is 83.1. The van der Waals surface area contributed by atoms with Crippen molar-refractivity contribution in [3.05, 3.63) is 59.4 Å². The Morgan fingerprint density at radius 3 is 2.39 bits per heavy atom. The van der Waals surface area contributed by atoms with Crippen LogP contribution in [-0.4, -0.2) is 74.4 Å². The van der Waals surface area contributed by atoms with E-state index in [1.807, 2.05) is 37.3 Å². The second kappa shape index (κ2) is 14.8. The van der Waals surface area contributed by atoms with Gasteiger partial charge in [-0.05, 0) is 54.2 Å². The van der Waals surface area contributed by atoms with Gasteiger partial charge in [-0.1, -0.05) is 19.1 Å². The molecule has 0 radical (unpaired) electrons. The second-order valence-electron chi connectivity index (χ2n) is 11.6. The maximum Gasteiger partial charge on any atom is 0.333 e. The Hall–Kier alpha value is -5.14. The molecular formula is C32H37N7O7. The summed E-state index contributed by atoms with van der Waals surface area (Å²) in [5.41, 5.74) is 4.48. The molecule has 14 heteroatoms. The van der Waals surface area contributed by atoms with Crippen molar-refractivity contribution in [1.82, 2.24) is 25.3 Å². The van der Waals surface area contributed by atoms with Gasteiger partial charge in [0.05, 0.1) is 5.71 Å². The standard InChI is InChI=1S/C32H37N7O7/c1-21-17-29(43)38(16-3-2-14-34-26(40)5-4-6-30(44)46-39-27(41)11-12-28(39)42)36-31(21)22-7-9-25(10-8-22)35-32(45)37-19-23-13-15-33-18-24(23)20-37/h7-10,13,15,18,21H,2-6,11-12,14,16-17,19-20H2,1H3,(H,34,40)(H,35,45)/t21-/m0/s1. The minimum Gasteiger partial charge on any atom is -0.356 e. The summed E-state index contributed by atoms with van der Waals surface area (Å²) < 4.78 is 0. The molecule has 1 fully saturated rings. The Morgan fingerprint density at radius 1 is 0.913 bits per heavy atom. The highest BCUT2D eigenvalue weighted by Crippen LogP contribution is 2.24. The summed E-state index contributed by atoms with van der Waals surface area (Å²) in [5, 5.41) is 12.4. The van der Waals surface area contributed by atoms with Crippen molar-refractivity contribution in [2.24, 2.45) is 11.0 Å². The first-order valence-electron chi connectivity index (χ1n) is 15.5. The van der Waals surface area contributed by atoms with Crippen molar-refractivity contribution in [2.45, 2.75) is 71.4 Å². The Morgan fingerprint density at radius 2 is 1.65 bits per heavy atom. The minimum absolute atomic E-state index is 0.0253. The third-order valence-electron chi connectivity index (χ3n) is 8.01. The fourth-order valence-electron chi connectivity index (χ4n) is 5.46. The summed E-state index contributed by atoms with van der Waals surface area (Å²) in [6, 6.07) is 9.18. The summed E-state index contributed by atoms with van der Waals surface area (Å²) >= 11 is 0. The van der Waals surface area contributed by atoms with Crippen LogP contribution in [0, 0.1) is 5.92 Å². The number of rotatable bonds is 12. The van der Waals surface area contributed by atoms with E-state index < -0.39 is 17.8 Å². The number of unbranched alkanes of at least 4 members (excludes halogenated alkanes) is 1. The molecule has 3 aliphatic heterocycles. The topological polar surface area (TPSA) is 171 Å². The molecule has 242 valence electrons. The van der Waals surface area contributed by atoms with E-state index >= 15 is 0 Å². The van der Waals surface area contributed by atoms with E-state index in [-0.39, 0.29) is 55.9 Å². The highest BCUT2D eigenvalue weighted by Gasteiger charge is 2.33. The third kappa shape index (κ3) is 8.11. The molecule has 2 aromatic rings. The monoisotopic (exact) mass is 631 g/mol. The number of aromatic nitrogens is 1. The Bertz CT molecular complexity index is 1500. The maximum atomic E-state index is 12.8. The largest absolute Gasteiger partial charge is 0.356 e. The Balaban J connectivity index is 1.01. The molecule has 1 saturated heterocycles. The lowest BCUT2D eigenvalue weighted by Crippen LogP contribution is -2.37. The van der Waals surface area contributed by atoms with Crippen molar-refractivity contribution < 1.29 is 33.6 Å². The number of hydroxylamine groups is 2. The molecule has 4 heterocycles. The first-order valence-corrected chi connectivity index (χ1v) is 15.5. The van der Waals surface area contributed by atoms with Crippen molar-refractivity contribution >= 4 is 47.0 Å². The van der Waals surface area contributed by atoms with Gasteiger partial charge in [0.15, 0.2) is 0 Å². The molecule has 1 atom stereocenters. The van der Waals surface area contributed by atoms with Crippen molar-refractivity contribution in [2.75, 3.05) is 18.4 Å². The Kier molecular flexibility index (Phi) is 10.4. The highest BCUT2D eigenvalue weighted by molar-refractivity contribution is 6.06. The first kappa shape index (κ1) is 32.3. The zero-order chi connectivity index (χ0) is 32.6. The lowest BCUT2D eigenvalue weighted by Gasteiger charge is -2.28. The zero-order valence-electron chi connectivity index (χ0n) is 25.7. The predicted octanol–water partition coefficient (Wildman–Crippen LogP) is 2.88. The molecule has 46 heavy (non-hydrogen) atoms. The number of amides is 6. The van der Waals surface area contributed by atoms with Gasteiger partial charge in [0.1, 0.15) is 0 Å². The number of pyridine rings is 1. The van der Waals surface area contributed by atoms with E-state index in [0.717, 1.165) is 22.4 Å². The average Bonchev–Trinajstić information content (AvgIpc) is 3.61. The van der Waals surface area contributed by atoms with Gasteiger partial charge < -0.3 is 20.4 Å². The fourth-order valence-corrected chi connectivity index (χ4v) is 5.46. The molecule has 5 rings (SSSR count). The van der Waals surface area contributed by atoms with Crippen LogP contribution < -0.4 is 10.6 Å². The average molecular weight is 632 g/mol. The van der Waals surface area contributed by atoms with E-state index in [1.54, 1.807) is 17.3 Å². The van der Waals surface area contributed by atoms with Crippen LogP contribution in [0.4, 0.5) is 10.5 Å². The second-order valence-corrected chi connectivity index (χ2v) is 11.6. The molecule has 2 N–H and O–H groups in total. The van der Waals surface area contributed by atoms with Crippen molar-refractivity contribution in [3.8, 4) is 0 Å². The van der Waals surface area contributed by atoms with Crippen LogP contribution in [0.2, 0.25) is 0 Å². The van der Waals surface area contributed by atoms with E-state index in [1.165, 1.54) is 5.01 Å². The number of anilines is 1. The number of hydrogen-bond acceptors (Lipinski definition) is 9. The number of nitrogens with zero attached hydrogens (tertiary/aromatic N) is 5. The third-order valence-corrected chi connectivity index (χ3v) is 8.01. The molecule has 0 bridgehead atoms. The van der Waals surface area contributed by atoms with E-state index in [9.17, 15) is 28.8 Å². The van der Waals surface area contributed by atoms with Gasteiger partial charge in [-0.25, -0.2) is 14.6 Å². The predicted molar refractivity (Wildman–Crippen MR) is 164 cm³/mol. The molecular weight excluding hydrogens is 594 g/mol.